The number of hydrogen-bond donors (Lipinski definition) is 3. The summed E-state index contributed by atoms with van der Waals surface area (Å²) in [6.45, 7) is 11.8. The number of aryl methyl sites for hydroxylation is 1. The Bertz CT molecular complexity index is 808. The fraction of sp³-hybridized carbons (Fsp3) is 0.654. The first-order chi connectivity index (χ1) is 16.3. The van der Waals surface area contributed by atoms with Crippen molar-refractivity contribution in [3.8, 4) is 0 Å². The number of carbonyl (C=O) groups excluding carboxylic acids is 3. The van der Waals surface area contributed by atoms with Gasteiger partial charge in [-0.1, -0.05) is 63.9 Å². The maximum absolute atomic E-state index is 13.1. The first-order valence-corrected chi connectivity index (χ1v) is 12.6. The first-order valence-electron chi connectivity index (χ1n) is 12.6. The second kappa shape index (κ2) is 13.4. The molecule has 3 N–H and O–H groups in total. The van der Waals surface area contributed by atoms with Crippen molar-refractivity contribution >= 4 is 17.7 Å². The zero-order valence-corrected chi connectivity index (χ0v) is 21.4. The van der Waals surface area contributed by atoms with Crippen molar-refractivity contribution in [3.05, 3.63) is 35.4 Å². The molecule has 2 atom stereocenters. The minimum Gasteiger partial charge on any atom is -0.353 e. The fourth-order valence-electron chi connectivity index (χ4n) is 4.51. The summed E-state index contributed by atoms with van der Waals surface area (Å²) in [6, 6.07) is 8.02. The zero-order chi connectivity index (χ0) is 25.1. The van der Waals surface area contributed by atoms with Crippen LogP contribution in [0.25, 0.3) is 0 Å². The lowest BCUT2D eigenvalue weighted by molar-refractivity contribution is -0.223. The number of ether oxygens (including phenoxy) is 1. The molecular weight excluding hydrogens is 432 g/mol. The molecule has 8 nitrogen and oxygen atoms in total. The normalized spacial score (nSPS) is 17.7. The highest BCUT2D eigenvalue weighted by Crippen LogP contribution is 2.45. The summed E-state index contributed by atoms with van der Waals surface area (Å²) in [6.07, 6.45) is 2.32. The van der Waals surface area contributed by atoms with Crippen molar-refractivity contribution in [1.29, 1.82) is 0 Å². The van der Waals surface area contributed by atoms with Gasteiger partial charge in [0.1, 0.15) is 19.4 Å². The van der Waals surface area contributed by atoms with Crippen LogP contribution < -0.4 is 16.0 Å². The number of carbonyl (C=O) groups is 3. The topological polar surface area (TPSA) is 99.8 Å². The Morgan fingerprint density at radius 2 is 1.74 bits per heavy atom. The molecule has 0 unspecified atom stereocenters. The molecule has 190 valence electrons. The summed E-state index contributed by atoms with van der Waals surface area (Å²) in [5.41, 5.74) is 1.52. The Balaban J connectivity index is 2.01. The van der Waals surface area contributed by atoms with Crippen molar-refractivity contribution < 1.29 is 19.1 Å². The van der Waals surface area contributed by atoms with Crippen LogP contribution in [0.2, 0.25) is 0 Å². The minimum atomic E-state index is -0.690. The molecule has 0 radical (unpaired) electrons. The maximum atomic E-state index is 13.1. The fourth-order valence-corrected chi connectivity index (χ4v) is 4.51. The predicted molar refractivity (Wildman–Crippen MR) is 133 cm³/mol. The van der Waals surface area contributed by atoms with Crippen LogP contribution in [-0.4, -0.2) is 61.6 Å². The molecule has 1 aliphatic rings. The summed E-state index contributed by atoms with van der Waals surface area (Å²) in [7, 11) is 0. The van der Waals surface area contributed by atoms with Gasteiger partial charge in [0.05, 0.1) is 11.5 Å². The highest BCUT2D eigenvalue weighted by Gasteiger charge is 2.59. The molecule has 0 aliphatic carbocycles. The van der Waals surface area contributed by atoms with E-state index >= 15 is 0 Å². The van der Waals surface area contributed by atoms with Crippen LogP contribution in [0.3, 0.4) is 0 Å². The second-order valence-corrected chi connectivity index (χ2v) is 8.98. The van der Waals surface area contributed by atoms with Gasteiger partial charge in [-0.3, -0.25) is 14.4 Å². The van der Waals surface area contributed by atoms with Gasteiger partial charge in [-0.15, -0.1) is 0 Å². The molecule has 0 aromatic heterocycles. The Kier molecular flexibility index (Phi) is 11.0. The summed E-state index contributed by atoms with van der Waals surface area (Å²) in [4.78, 5) is 39.7. The van der Waals surface area contributed by atoms with E-state index in [1.807, 2.05) is 52.0 Å². The number of nitrogens with zero attached hydrogens (tertiary/aromatic N) is 1. The third-order valence-corrected chi connectivity index (χ3v) is 6.66. The number of nitrogens with one attached hydrogen (secondary N) is 3. The van der Waals surface area contributed by atoms with E-state index in [2.05, 4.69) is 22.9 Å². The number of likely N-dealkylation sites (tertiary alicyclic amines) is 1. The van der Waals surface area contributed by atoms with Crippen LogP contribution in [0.5, 0.6) is 0 Å². The van der Waals surface area contributed by atoms with Gasteiger partial charge in [-0.2, -0.15) is 0 Å². The molecule has 1 aromatic rings. The highest BCUT2D eigenvalue weighted by molar-refractivity contribution is 5.93. The van der Waals surface area contributed by atoms with Gasteiger partial charge in [-0.25, -0.2) is 0 Å². The molecule has 1 aromatic carbocycles. The Morgan fingerprint density at radius 3 is 2.32 bits per heavy atom. The Labute approximate surface area is 204 Å². The van der Waals surface area contributed by atoms with Gasteiger partial charge < -0.3 is 25.6 Å². The average molecular weight is 475 g/mol. The zero-order valence-electron chi connectivity index (χ0n) is 21.4. The van der Waals surface area contributed by atoms with Gasteiger partial charge in [0.15, 0.2) is 0 Å². The van der Waals surface area contributed by atoms with Crippen LogP contribution in [0, 0.1) is 12.3 Å². The summed E-state index contributed by atoms with van der Waals surface area (Å²) >= 11 is 0. The number of rotatable bonds is 15. The number of benzene rings is 1. The van der Waals surface area contributed by atoms with E-state index in [-0.39, 0.29) is 36.9 Å². The van der Waals surface area contributed by atoms with Crippen LogP contribution in [0.15, 0.2) is 24.3 Å². The molecule has 1 saturated heterocycles. The average Bonchev–Trinajstić information content (AvgIpc) is 2.83. The molecule has 34 heavy (non-hydrogen) atoms. The van der Waals surface area contributed by atoms with Crippen molar-refractivity contribution in [2.75, 3.05) is 32.8 Å². The molecule has 3 amide bonds. The van der Waals surface area contributed by atoms with Gasteiger partial charge in [0, 0.05) is 13.1 Å². The van der Waals surface area contributed by atoms with E-state index in [1.165, 1.54) is 4.90 Å². The maximum Gasteiger partial charge on any atom is 0.246 e. The molecule has 1 aliphatic heterocycles. The lowest BCUT2D eigenvalue weighted by Gasteiger charge is -2.54. The van der Waals surface area contributed by atoms with E-state index in [0.29, 0.717) is 25.9 Å². The summed E-state index contributed by atoms with van der Waals surface area (Å²) in [5, 5.41) is 9.03. The number of likely N-dealkylation sites (N-methyl/N-ethyl adjacent to an activating group) is 1. The van der Waals surface area contributed by atoms with Crippen molar-refractivity contribution in [2.45, 2.75) is 72.6 Å². The quantitative estimate of drug-likeness (QED) is 0.268. The van der Waals surface area contributed by atoms with Crippen molar-refractivity contribution in [2.24, 2.45) is 5.41 Å². The van der Waals surface area contributed by atoms with Crippen LogP contribution in [-0.2, 0) is 19.1 Å². The van der Waals surface area contributed by atoms with E-state index in [9.17, 15) is 14.4 Å². The van der Waals surface area contributed by atoms with E-state index < -0.39 is 11.6 Å². The van der Waals surface area contributed by atoms with Gasteiger partial charge in [-0.05, 0) is 38.3 Å². The molecular formula is C26H42N4O4. The molecule has 0 bridgehead atoms. The van der Waals surface area contributed by atoms with Crippen molar-refractivity contribution in [3.63, 3.8) is 0 Å². The van der Waals surface area contributed by atoms with Crippen molar-refractivity contribution in [1.82, 2.24) is 20.9 Å². The smallest absolute Gasteiger partial charge is 0.246 e. The molecule has 1 heterocycles. The van der Waals surface area contributed by atoms with Crippen LogP contribution >= 0.6 is 0 Å². The van der Waals surface area contributed by atoms with E-state index in [1.54, 1.807) is 0 Å². The lowest BCUT2D eigenvalue weighted by Crippen LogP contribution is -2.71. The first kappa shape index (κ1) is 27.8. The largest absolute Gasteiger partial charge is 0.353 e. The standard InChI is InChI=1S/C26H42N4O4/c1-6-10-21(20-13-11-19(5)12-14-20)29-22(31)17-30-24(33)26(7-2,8-3)25(30)34-18-23(32)28-16-15-27-9-4/h11-14,21,25,27H,6-10,15-18H2,1-5H3,(H,28,32)(H,29,31)/t21-,25+/m1/s1. The summed E-state index contributed by atoms with van der Waals surface area (Å²) in [5.74, 6) is -0.547. The highest BCUT2D eigenvalue weighted by atomic mass is 16.5. The molecule has 0 spiro atoms. The van der Waals surface area contributed by atoms with E-state index in [0.717, 1.165) is 30.5 Å². The van der Waals surface area contributed by atoms with Gasteiger partial charge in [0.25, 0.3) is 0 Å². The lowest BCUT2D eigenvalue weighted by atomic mass is 9.71. The molecule has 1 fully saturated rings. The third-order valence-electron chi connectivity index (χ3n) is 6.66. The second-order valence-electron chi connectivity index (χ2n) is 8.98. The SMILES string of the molecule is CCC[C@@H](NC(=O)CN1C(=O)C(CC)(CC)[C@@H]1OCC(=O)NCCNCC)c1ccc(C)cc1. The van der Waals surface area contributed by atoms with Gasteiger partial charge in [0.2, 0.25) is 17.7 Å². The third kappa shape index (κ3) is 6.79. The Hall–Kier alpha value is -2.45. The molecule has 0 saturated carbocycles. The van der Waals surface area contributed by atoms with E-state index in [4.69, 9.17) is 4.74 Å². The monoisotopic (exact) mass is 474 g/mol. The van der Waals surface area contributed by atoms with Gasteiger partial charge >= 0.3 is 0 Å². The Morgan fingerprint density at radius 1 is 1.06 bits per heavy atom. The molecule has 2 rings (SSSR count). The predicted octanol–water partition coefficient (Wildman–Crippen LogP) is 2.67. The minimum absolute atomic E-state index is 0.0840. The van der Waals surface area contributed by atoms with Crippen LogP contribution in [0.4, 0.5) is 0 Å². The summed E-state index contributed by atoms with van der Waals surface area (Å²) < 4.78 is 5.92. The number of amides is 3. The molecule has 8 heteroatoms. The van der Waals surface area contributed by atoms with Crippen LogP contribution in [0.1, 0.15) is 70.5 Å². The number of β-lactam (4-membered cyclic amide) rings is 1. The number of hydrogen-bond acceptors (Lipinski definition) is 5.